The molecule has 0 aliphatic rings. The molecule has 0 bridgehead atoms. The van der Waals surface area contributed by atoms with Gasteiger partial charge in [0, 0.05) is 36.5 Å². The molecule has 0 fully saturated rings. The third kappa shape index (κ3) is 13.8. The highest BCUT2D eigenvalue weighted by Gasteiger charge is 2.11. The molecule has 0 aliphatic carbocycles. The van der Waals surface area contributed by atoms with Crippen LogP contribution < -0.4 is 9.64 Å². The summed E-state index contributed by atoms with van der Waals surface area (Å²) in [4.78, 5) is 2.56. The highest BCUT2D eigenvalue weighted by atomic mass is 16.5. The largest absolute Gasteiger partial charge is 0.508 e. The Hall–Kier alpha value is -2.62. The minimum absolute atomic E-state index is 0.0575. The number of hydrogen-bond donors (Lipinski definition) is 2. The van der Waals surface area contributed by atoms with Crippen molar-refractivity contribution in [2.24, 2.45) is 0 Å². The van der Waals surface area contributed by atoms with Crippen LogP contribution in [0.25, 0.3) is 12.2 Å². The van der Waals surface area contributed by atoms with Crippen LogP contribution in [0.2, 0.25) is 0 Å². The fraction of sp³-hybridized carbons (Fsp3) is 0.600. The van der Waals surface area contributed by atoms with Crippen molar-refractivity contribution in [1.82, 2.24) is 0 Å². The van der Waals surface area contributed by atoms with Gasteiger partial charge in [0.05, 0.1) is 6.61 Å². The second kappa shape index (κ2) is 20.3. The maximum Gasteiger partial charge on any atom is 0.128 e. The molecule has 0 atom stereocenters. The minimum Gasteiger partial charge on any atom is -0.508 e. The van der Waals surface area contributed by atoms with Gasteiger partial charge in [-0.15, -0.1) is 0 Å². The summed E-state index contributed by atoms with van der Waals surface area (Å²) in [7, 11) is 0. The number of hydrogen-bond acceptors (Lipinski definition) is 4. The fourth-order valence-electron chi connectivity index (χ4n) is 4.95. The number of aromatic hydroxyl groups is 2. The van der Waals surface area contributed by atoms with Gasteiger partial charge < -0.3 is 19.8 Å². The second-order valence-corrected chi connectivity index (χ2v) is 10.9. The molecule has 218 valence electrons. The number of benzene rings is 2. The summed E-state index contributed by atoms with van der Waals surface area (Å²) >= 11 is 0. The lowest BCUT2D eigenvalue weighted by Crippen LogP contribution is -2.25. The van der Waals surface area contributed by atoms with Gasteiger partial charge in [0.25, 0.3) is 0 Å². The Kier molecular flexibility index (Phi) is 17.0. The van der Waals surface area contributed by atoms with E-state index in [-0.39, 0.29) is 11.5 Å². The Morgan fingerprint density at radius 2 is 1.15 bits per heavy atom. The molecule has 0 heterocycles. The number of unbranched alkanes of at least 4 members (excludes halogenated alkanes) is 12. The van der Waals surface area contributed by atoms with Gasteiger partial charge >= 0.3 is 0 Å². The van der Waals surface area contributed by atoms with Crippen LogP contribution in [-0.2, 0) is 0 Å². The number of rotatable bonds is 22. The minimum atomic E-state index is 0.0575. The normalized spacial score (nSPS) is 11.4. The van der Waals surface area contributed by atoms with Gasteiger partial charge in [-0.2, -0.15) is 0 Å². The molecule has 2 rings (SSSR count). The van der Waals surface area contributed by atoms with Crippen LogP contribution in [-0.4, -0.2) is 29.9 Å². The molecule has 0 saturated carbocycles. The summed E-state index contributed by atoms with van der Waals surface area (Å²) in [6.45, 7) is 9.68. The molecule has 39 heavy (non-hydrogen) atoms. The maximum absolute atomic E-state index is 9.86. The molecule has 0 unspecified atom stereocenters. The smallest absolute Gasteiger partial charge is 0.128 e. The maximum atomic E-state index is 9.86. The predicted molar refractivity (Wildman–Crippen MR) is 169 cm³/mol. The van der Waals surface area contributed by atoms with Crippen molar-refractivity contribution < 1.29 is 14.9 Å². The van der Waals surface area contributed by atoms with Crippen molar-refractivity contribution in [1.29, 1.82) is 0 Å². The number of phenols is 2. The Bertz CT molecular complexity index is 905. The van der Waals surface area contributed by atoms with E-state index in [1.54, 1.807) is 12.1 Å². The lowest BCUT2D eigenvalue weighted by Gasteiger charge is -2.26. The van der Waals surface area contributed by atoms with Crippen LogP contribution in [0.15, 0.2) is 36.4 Å². The first-order valence-electron chi connectivity index (χ1n) is 15.8. The third-order valence-corrected chi connectivity index (χ3v) is 7.31. The molecule has 4 heteroatoms. The number of ether oxygens (including phenoxy) is 1. The van der Waals surface area contributed by atoms with E-state index in [0.717, 1.165) is 43.0 Å². The summed E-state index contributed by atoms with van der Waals surface area (Å²) < 4.78 is 6.38. The van der Waals surface area contributed by atoms with Gasteiger partial charge in [0.2, 0.25) is 0 Å². The van der Waals surface area contributed by atoms with E-state index < -0.39 is 0 Å². The zero-order valence-corrected chi connectivity index (χ0v) is 25.1. The molecule has 0 radical (unpaired) electrons. The lowest BCUT2D eigenvalue weighted by atomic mass is 10.1. The highest BCUT2D eigenvalue weighted by molar-refractivity contribution is 5.75. The van der Waals surface area contributed by atoms with E-state index in [9.17, 15) is 10.2 Å². The summed E-state index contributed by atoms with van der Waals surface area (Å²) in [5.41, 5.74) is 3.01. The van der Waals surface area contributed by atoms with Crippen molar-refractivity contribution in [3.8, 4) is 17.2 Å². The molecule has 4 nitrogen and oxygen atoms in total. The number of nitrogens with zero attached hydrogens (tertiary/aromatic N) is 1. The Labute approximate surface area is 239 Å². The first-order chi connectivity index (χ1) is 19.1. The van der Waals surface area contributed by atoms with Gasteiger partial charge in [-0.25, -0.2) is 0 Å². The van der Waals surface area contributed by atoms with Crippen LogP contribution in [0.5, 0.6) is 17.2 Å². The topological polar surface area (TPSA) is 52.9 Å². The quantitative estimate of drug-likeness (QED) is 0.116. The Balaban J connectivity index is 2.20. The predicted octanol–water partition coefficient (Wildman–Crippen LogP) is 10.4. The standard InChI is InChI=1S/C35H55NO3/c1-4-7-10-13-16-23-36(24-17-14-11-8-5-2)32-22-21-31(20-19-30-26-33(37)29-34(38)27-30)35(28-32)39-25-18-15-12-9-6-3/h19-22,26-29,37-38H,4-18,23-25H2,1-3H3/b20-19+. The van der Waals surface area contributed by atoms with Crippen LogP contribution in [0.4, 0.5) is 5.69 Å². The number of phenolic OH excluding ortho intramolecular Hbond substituents is 2. The van der Waals surface area contributed by atoms with Gasteiger partial charge in [-0.3, -0.25) is 0 Å². The Morgan fingerprint density at radius 1 is 0.615 bits per heavy atom. The average molecular weight is 538 g/mol. The SMILES string of the molecule is CCCCCCCOc1cc(N(CCCCCCC)CCCCCCC)ccc1/C=C/c1cc(O)cc(O)c1. The van der Waals surface area contributed by atoms with Gasteiger partial charge in [-0.05, 0) is 49.1 Å². The first-order valence-corrected chi connectivity index (χ1v) is 15.8. The summed E-state index contributed by atoms with van der Waals surface area (Å²) in [6.07, 6.45) is 22.9. The molecule has 2 aromatic rings. The molecule has 2 N–H and O–H groups in total. The van der Waals surface area contributed by atoms with Crippen LogP contribution >= 0.6 is 0 Å². The van der Waals surface area contributed by atoms with E-state index in [2.05, 4.69) is 43.9 Å². The van der Waals surface area contributed by atoms with Crippen molar-refractivity contribution in [3.63, 3.8) is 0 Å². The average Bonchev–Trinajstić information content (AvgIpc) is 2.92. The van der Waals surface area contributed by atoms with Crippen LogP contribution in [0.1, 0.15) is 128 Å². The van der Waals surface area contributed by atoms with Gasteiger partial charge in [-0.1, -0.05) is 110 Å². The van der Waals surface area contributed by atoms with Crippen LogP contribution in [0, 0.1) is 0 Å². The van der Waals surface area contributed by atoms with Crippen molar-refractivity contribution in [2.75, 3.05) is 24.6 Å². The van der Waals surface area contributed by atoms with Gasteiger partial charge in [0.1, 0.15) is 17.2 Å². The lowest BCUT2D eigenvalue weighted by molar-refractivity contribution is 0.304. The monoisotopic (exact) mass is 537 g/mol. The summed E-state index contributed by atoms with van der Waals surface area (Å²) in [6, 6.07) is 11.3. The molecule has 0 saturated heterocycles. The van der Waals surface area contributed by atoms with Crippen LogP contribution in [0.3, 0.4) is 0 Å². The van der Waals surface area contributed by atoms with Gasteiger partial charge in [0.15, 0.2) is 0 Å². The molecular weight excluding hydrogens is 482 g/mol. The molecule has 0 aromatic heterocycles. The Morgan fingerprint density at radius 3 is 1.72 bits per heavy atom. The molecule has 0 spiro atoms. The van der Waals surface area contributed by atoms with E-state index in [0.29, 0.717) is 0 Å². The zero-order valence-electron chi connectivity index (χ0n) is 25.1. The third-order valence-electron chi connectivity index (χ3n) is 7.31. The summed E-state index contributed by atoms with van der Waals surface area (Å²) in [5.74, 6) is 1.02. The van der Waals surface area contributed by atoms with E-state index in [1.165, 1.54) is 102 Å². The zero-order chi connectivity index (χ0) is 28.1. The molecule has 0 amide bonds. The van der Waals surface area contributed by atoms with E-state index in [1.807, 2.05) is 12.2 Å². The first kappa shape index (κ1) is 32.6. The van der Waals surface area contributed by atoms with Crippen molar-refractivity contribution >= 4 is 17.8 Å². The highest BCUT2D eigenvalue weighted by Crippen LogP contribution is 2.30. The fourth-order valence-corrected chi connectivity index (χ4v) is 4.95. The van der Waals surface area contributed by atoms with E-state index >= 15 is 0 Å². The molecule has 2 aromatic carbocycles. The number of anilines is 1. The van der Waals surface area contributed by atoms with E-state index in [4.69, 9.17) is 4.74 Å². The molecular formula is C35H55NO3. The van der Waals surface area contributed by atoms with Crippen molar-refractivity contribution in [2.45, 2.75) is 117 Å². The van der Waals surface area contributed by atoms with Crippen molar-refractivity contribution in [3.05, 3.63) is 47.5 Å². The summed E-state index contributed by atoms with van der Waals surface area (Å²) in [5, 5.41) is 19.7. The molecule has 0 aliphatic heterocycles. The second-order valence-electron chi connectivity index (χ2n) is 10.9.